The highest BCUT2D eigenvalue weighted by molar-refractivity contribution is 8.01. The number of nitrogens with two attached hydrogens (primary N) is 1. The number of thioether (sulfide) groups is 2. The first-order valence-corrected chi connectivity index (χ1v) is 16.6. The summed E-state index contributed by atoms with van der Waals surface area (Å²) in [7, 11) is 0. The Balaban J connectivity index is 1.54. The Bertz CT molecular complexity index is 1480. The molecule has 0 unspecified atom stereocenters. The van der Waals surface area contributed by atoms with E-state index in [0.29, 0.717) is 26.2 Å². The van der Waals surface area contributed by atoms with Crippen LogP contribution in [0.2, 0.25) is 0 Å². The molecule has 0 fully saturated rings. The lowest BCUT2D eigenvalue weighted by atomic mass is 9.98. The molecule has 3 aromatic carbocycles. The summed E-state index contributed by atoms with van der Waals surface area (Å²) in [4.78, 5) is 42.2. The van der Waals surface area contributed by atoms with E-state index in [0.717, 1.165) is 37.6 Å². The third kappa shape index (κ3) is 9.25. The van der Waals surface area contributed by atoms with Crippen LogP contribution in [0.15, 0.2) is 76.5 Å². The van der Waals surface area contributed by atoms with E-state index in [1.165, 1.54) is 11.8 Å². The zero-order valence-electron chi connectivity index (χ0n) is 25.6. The third-order valence-corrected chi connectivity index (χ3v) is 9.21. The summed E-state index contributed by atoms with van der Waals surface area (Å²) in [5.74, 6) is -0.399. The first kappa shape index (κ1) is 33.4. The second kappa shape index (κ2) is 15.0. The Morgan fingerprint density at radius 3 is 2.55 bits per heavy atom. The number of hydrogen-bond donors (Lipinski definition) is 5. The van der Waals surface area contributed by atoms with Crippen LogP contribution in [0.25, 0.3) is 11.1 Å². The molecule has 0 aromatic heterocycles. The summed E-state index contributed by atoms with van der Waals surface area (Å²) in [6.45, 7) is 6.99. The van der Waals surface area contributed by atoms with Gasteiger partial charge in [0.15, 0.2) is 5.37 Å². The van der Waals surface area contributed by atoms with Gasteiger partial charge in [-0.15, -0.1) is 11.8 Å². The molecule has 1 heterocycles. The Morgan fingerprint density at radius 2 is 1.86 bits per heavy atom. The maximum atomic E-state index is 13.9. The van der Waals surface area contributed by atoms with E-state index in [-0.39, 0.29) is 18.2 Å². The minimum absolute atomic E-state index is 0.152. The Kier molecular flexibility index (Phi) is 11.4. The van der Waals surface area contributed by atoms with Gasteiger partial charge in [-0.25, -0.2) is 4.79 Å². The van der Waals surface area contributed by atoms with Crippen LogP contribution in [0.1, 0.15) is 43.9 Å². The number of rotatable bonds is 12. The number of primary amides is 1. The van der Waals surface area contributed by atoms with E-state index in [4.69, 9.17) is 5.73 Å². The average molecular weight is 636 g/mol. The van der Waals surface area contributed by atoms with E-state index in [2.05, 4.69) is 34.1 Å². The molecule has 6 N–H and O–H groups in total. The van der Waals surface area contributed by atoms with Crippen LogP contribution in [0.3, 0.4) is 0 Å². The van der Waals surface area contributed by atoms with Crippen LogP contribution < -0.4 is 21.7 Å². The molecule has 2 atom stereocenters. The van der Waals surface area contributed by atoms with Crippen molar-refractivity contribution in [3.05, 3.63) is 83.4 Å². The topological polar surface area (TPSA) is 137 Å². The summed E-state index contributed by atoms with van der Waals surface area (Å²) in [5.41, 5.74) is 9.62. The van der Waals surface area contributed by atoms with Gasteiger partial charge in [-0.1, -0.05) is 66.4 Å². The number of nitrogens with one attached hydrogen (secondary N) is 3. The van der Waals surface area contributed by atoms with Gasteiger partial charge < -0.3 is 31.7 Å². The highest BCUT2D eigenvalue weighted by Gasteiger charge is 2.33. The third-order valence-electron chi connectivity index (χ3n) is 7.30. The molecule has 0 saturated heterocycles. The maximum Gasteiger partial charge on any atom is 0.312 e. The molecule has 0 spiro atoms. The summed E-state index contributed by atoms with van der Waals surface area (Å²) in [6.07, 6.45) is 1.63. The molecule has 1 aliphatic rings. The lowest BCUT2D eigenvalue weighted by Crippen LogP contribution is -2.50. The summed E-state index contributed by atoms with van der Waals surface area (Å²) in [5, 5.41) is 17.7. The standard InChI is InChI=1S/C33H41N5O4S2/c1-21(39)17-36-33(2,3)16-29(40)37-30-31(41)38(20-25-13-14-26(43-4)15-28(25)44-30)19-22-9-11-23(12-10-22)27-8-6-5-7-24(27)18-35-32(34)42/h5-15,21,30,36,39H,16-20H2,1-4H3,(H,37,40)(H3,34,35,42)/t21-,30-/m1/s1. The number of fused-ring (bicyclic) bond motifs is 1. The Labute approximate surface area is 267 Å². The predicted octanol–water partition coefficient (Wildman–Crippen LogP) is 4.46. The monoisotopic (exact) mass is 635 g/mol. The number of carbonyl (C=O) groups excluding carboxylic acids is 3. The summed E-state index contributed by atoms with van der Waals surface area (Å²) >= 11 is 3.01. The fraction of sp³-hybridized carbons (Fsp3) is 0.364. The largest absolute Gasteiger partial charge is 0.392 e. The zero-order chi connectivity index (χ0) is 31.9. The first-order valence-electron chi connectivity index (χ1n) is 14.5. The van der Waals surface area contributed by atoms with Crippen molar-refractivity contribution in [2.24, 2.45) is 5.73 Å². The molecule has 9 nitrogen and oxygen atoms in total. The van der Waals surface area contributed by atoms with Crippen molar-refractivity contribution >= 4 is 41.4 Å². The molecular formula is C33H41N5O4S2. The molecule has 4 amide bonds. The second-order valence-electron chi connectivity index (χ2n) is 11.6. The van der Waals surface area contributed by atoms with Crippen molar-refractivity contribution < 1.29 is 19.5 Å². The molecule has 3 aromatic rings. The van der Waals surface area contributed by atoms with Gasteiger partial charge in [-0.05, 0) is 67.0 Å². The van der Waals surface area contributed by atoms with Crippen molar-refractivity contribution in [3.8, 4) is 11.1 Å². The van der Waals surface area contributed by atoms with Crippen LogP contribution in [-0.4, -0.2) is 57.7 Å². The molecule has 234 valence electrons. The van der Waals surface area contributed by atoms with Crippen molar-refractivity contribution in [3.63, 3.8) is 0 Å². The van der Waals surface area contributed by atoms with Crippen molar-refractivity contribution in [2.45, 2.75) is 73.6 Å². The van der Waals surface area contributed by atoms with Gasteiger partial charge in [-0.2, -0.15) is 0 Å². The lowest BCUT2D eigenvalue weighted by Gasteiger charge is -2.28. The van der Waals surface area contributed by atoms with Crippen molar-refractivity contribution in [2.75, 3.05) is 12.8 Å². The SMILES string of the molecule is CSc1ccc2c(c1)S[C@@H](NC(=O)CC(C)(C)NC[C@@H](C)O)C(=O)N(Cc1ccc(-c3ccccc3CNC(N)=O)cc1)C2. The van der Waals surface area contributed by atoms with E-state index in [1.807, 2.05) is 68.6 Å². The Hall–Kier alpha value is -3.51. The fourth-order valence-electron chi connectivity index (χ4n) is 4.99. The van der Waals surface area contributed by atoms with Crippen LogP contribution in [0.5, 0.6) is 0 Å². The summed E-state index contributed by atoms with van der Waals surface area (Å²) < 4.78 is 0. The van der Waals surface area contributed by atoms with Gasteiger partial charge in [0.2, 0.25) is 5.91 Å². The van der Waals surface area contributed by atoms with Gasteiger partial charge >= 0.3 is 6.03 Å². The predicted molar refractivity (Wildman–Crippen MR) is 177 cm³/mol. The van der Waals surface area contributed by atoms with E-state index in [1.54, 1.807) is 23.6 Å². The molecule has 0 radical (unpaired) electrons. The molecule has 44 heavy (non-hydrogen) atoms. The number of amides is 4. The van der Waals surface area contributed by atoms with Crippen LogP contribution in [0, 0.1) is 0 Å². The molecule has 0 aliphatic carbocycles. The van der Waals surface area contributed by atoms with Gasteiger partial charge in [-0.3, -0.25) is 9.59 Å². The van der Waals surface area contributed by atoms with Gasteiger partial charge in [0.25, 0.3) is 5.91 Å². The lowest BCUT2D eigenvalue weighted by molar-refractivity contribution is -0.135. The van der Waals surface area contributed by atoms with Crippen LogP contribution in [-0.2, 0) is 29.2 Å². The number of urea groups is 1. The number of benzene rings is 3. The second-order valence-corrected chi connectivity index (χ2v) is 13.6. The van der Waals surface area contributed by atoms with Crippen molar-refractivity contribution in [1.29, 1.82) is 0 Å². The molecule has 4 rings (SSSR count). The highest BCUT2D eigenvalue weighted by Crippen LogP contribution is 2.35. The van der Waals surface area contributed by atoms with Crippen molar-refractivity contribution in [1.82, 2.24) is 20.9 Å². The van der Waals surface area contributed by atoms with Gasteiger partial charge in [0.05, 0.1) is 6.10 Å². The van der Waals surface area contributed by atoms with Crippen LogP contribution >= 0.6 is 23.5 Å². The van der Waals surface area contributed by atoms with Crippen LogP contribution in [0.4, 0.5) is 4.79 Å². The molecule has 1 aliphatic heterocycles. The molecule has 0 saturated carbocycles. The summed E-state index contributed by atoms with van der Waals surface area (Å²) in [6, 6.07) is 21.4. The smallest absolute Gasteiger partial charge is 0.312 e. The average Bonchev–Trinajstić information content (AvgIpc) is 3.10. The van der Waals surface area contributed by atoms with E-state index >= 15 is 0 Å². The number of nitrogens with zero attached hydrogens (tertiary/aromatic N) is 1. The number of hydrogen-bond acceptors (Lipinski definition) is 7. The molecular weight excluding hydrogens is 595 g/mol. The number of aliphatic hydroxyl groups excluding tert-OH is 1. The zero-order valence-corrected chi connectivity index (χ0v) is 27.2. The molecule has 11 heteroatoms. The number of carbonyl (C=O) groups is 3. The Morgan fingerprint density at radius 1 is 1.14 bits per heavy atom. The maximum absolute atomic E-state index is 13.9. The quantitative estimate of drug-likeness (QED) is 0.185. The number of aliphatic hydroxyl groups is 1. The van der Waals surface area contributed by atoms with E-state index in [9.17, 15) is 19.5 Å². The normalized spacial score (nSPS) is 15.7. The number of β-amino-alcohol motifs (C(OH)–C–C–N with tert-alkyl or cyclic N) is 1. The first-order chi connectivity index (χ1) is 20.9. The van der Waals surface area contributed by atoms with E-state index < -0.39 is 23.0 Å². The minimum atomic E-state index is -0.780. The molecule has 0 bridgehead atoms. The van der Waals surface area contributed by atoms with Gasteiger partial charge in [0, 0.05) is 47.9 Å². The minimum Gasteiger partial charge on any atom is -0.392 e. The van der Waals surface area contributed by atoms with Gasteiger partial charge in [0.1, 0.15) is 0 Å². The fourth-order valence-corrected chi connectivity index (χ4v) is 6.68. The highest BCUT2D eigenvalue weighted by atomic mass is 32.2.